The molecule has 3 nitrogen and oxygen atoms in total. The fourth-order valence-electron chi connectivity index (χ4n) is 1.56. The smallest absolute Gasteiger partial charge is 0.423 e. The van der Waals surface area contributed by atoms with Gasteiger partial charge in [-0.15, -0.1) is 0 Å². The molecule has 16 heavy (non-hydrogen) atoms. The lowest BCUT2D eigenvalue weighted by Gasteiger charge is -2.09. The zero-order valence-electron chi connectivity index (χ0n) is 8.90. The first-order valence-electron chi connectivity index (χ1n) is 5.39. The van der Waals surface area contributed by atoms with Crippen LogP contribution in [0.5, 0.6) is 0 Å². The van der Waals surface area contributed by atoms with Crippen LogP contribution in [0.4, 0.5) is 4.39 Å². The van der Waals surface area contributed by atoms with Crippen LogP contribution in [0.25, 0.3) is 0 Å². The van der Waals surface area contributed by atoms with Crippen LogP contribution in [0.1, 0.15) is 18.4 Å². The van der Waals surface area contributed by atoms with E-state index in [1.807, 2.05) is 0 Å². The van der Waals surface area contributed by atoms with E-state index in [9.17, 15) is 4.39 Å². The molecule has 1 aliphatic carbocycles. The van der Waals surface area contributed by atoms with Gasteiger partial charge in [-0.25, -0.2) is 4.39 Å². The summed E-state index contributed by atoms with van der Waals surface area (Å²) in [6.07, 6.45) is 2.41. The minimum absolute atomic E-state index is 0.177. The number of ether oxygens (including phenoxy) is 1. The lowest BCUT2D eigenvalue weighted by atomic mass is 9.77. The summed E-state index contributed by atoms with van der Waals surface area (Å²) in [5.74, 6) is 0.178. The topological polar surface area (TPSA) is 49.7 Å². The van der Waals surface area contributed by atoms with Crippen LogP contribution in [-0.2, 0) is 11.3 Å². The molecule has 1 saturated carbocycles. The summed E-state index contributed by atoms with van der Waals surface area (Å²) in [5, 5.41) is 18.2. The van der Waals surface area contributed by atoms with E-state index in [4.69, 9.17) is 14.8 Å². The van der Waals surface area contributed by atoms with Crippen molar-refractivity contribution in [2.45, 2.75) is 19.4 Å². The molecule has 0 aromatic heterocycles. The molecule has 0 aliphatic heterocycles. The van der Waals surface area contributed by atoms with Gasteiger partial charge < -0.3 is 14.8 Å². The van der Waals surface area contributed by atoms with Crippen LogP contribution in [0.3, 0.4) is 0 Å². The number of hydrogen-bond donors (Lipinski definition) is 2. The van der Waals surface area contributed by atoms with Crippen LogP contribution in [-0.4, -0.2) is 23.8 Å². The van der Waals surface area contributed by atoms with Gasteiger partial charge in [0.25, 0.3) is 0 Å². The predicted molar refractivity (Wildman–Crippen MR) is 58.6 cm³/mol. The van der Waals surface area contributed by atoms with Gasteiger partial charge in [0.15, 0.2) is 0 Å². The summed E-state index contributed by atoms with van der Waals surface area (Å²) in [5.41, 5.74) is 0.799. The van der Waals surface area contributed by atoms with Crippen molar-refractivity contribution in [1.29, 1.82) is 0 Å². The summed E-state index contributed by atoms with van der Waals surface area (Å²) in [7, 11) is -1.66. The van der Waals surface area contributed by atoms with Crippen molar-refractivity contribution in [3.63, 3.8) is 0 Å². The van der Waals surface area contributed by atoms with Crippen molar-refractivity contribution in [1.82, 2.24) is 0 Å². The second kappa shape index (κ2) is 4.95. The van der Waals surface area contributed by atoms with E-state index in [1.165, 1.54) is 25.0 Å². The summed E-state index contributed by atoms with van der Waals surface area (Å²) in [4.78, 5) is 0. The molecule has 0 radical (unpaired) electrons. The molecule has 0 amide bonds. The standard InChI is InChI=1S/C11H14BFO3/c13-10-4-3-9(11(5-10)12(14)15)7-16-6-8-1-2-8/h3-5,8,14-15H,1-2,6-7H2. The molecule has 5 heteroatoms. The Balaban J connectivity index is 1.99. The Kier molecular flexibility index (Phi) is 3.58. The summed E-state index contributed by atoms with van der Waals surface area (Å²) in [6.45, 7) is 0.988. The highest BCUT2D eigenvalue weighted by Gasteiger charge is 2.22. The first-order chi connectivity index (χ1) is 7.66. The maximum absolute atomic E-state index is 12.9. The van der Waals surface area contributed by atoms with E-state index in [0.717, 1.165) is 6.07 Å². The average Bonchev–Trinajstić information content (AvgIpc) is 3.04. The largest absolute Gasteiger partial charge is 0.488 e. The summed E-state index contributed by atoms with van der Waals surface area (Å²) in [6, 6.07) is 3.94. The molecular weight excluding hydrogens is 210 g/mol. The van der Waals surface area contributed by atoms with Gasteiger partial charge in [-0.3, -0.25) is 0 Å². The van der Waals surface area contributed by atoms with E-state index in [1.54, 1.807) is 0 Å². The number of hydrogen-bond acceptors (Lipinski definition) is 3. The Bertz CT molecular complexity index is 366. The fraction of sp³-hybridized carbons (Fsp3) is 0.455. The Labute approximate surface area is 94.0 Å². The maximum Gasteiger partial charge on any atom is 0.488 e. The van der Waals surface area contributed by atoms with Gasteiger partial charge in [0.05, 0.1) is 6.61 Å². The molecule has 1 aliphatic rings. The molecule has 0 spiro atoms. The van der Waals surface area contributed by atoms with Crippen molar-refractivity contribution in [3.05, 3.63) is 29.6 Å². The van der Waals surface area contributed by atoms with Crippen LogP contribution >= 0.6 is 0 Å². The molecule has 0 heterocycles. The van der Waals surface area contributed by atoms with Crippen LogP contribution in [0.15, 0.2) is 18.2 Å². The number of rotatable bonds is 5. The summed E-state index contributed by atoms with van der Waals surface area (Å²) >= 11 is 0. The molecule has 86 valence electrons. The van der Waals surface area contributed by atoms with Crippen LogP contribution < -0.4 is 5.46 Å². The van der Waals surface area contributed by atoms with Crippen molar-refractivity contribution in [3.8, 4) is 0 Å². The van der Waals surface area contributed by atoms with Crippen LogP contribution in [0.2, 0.25) is 0 Å². The highest BCUT2D eigenvalue weighted by atomic mass is 19.1. The second-order valence-electron chi connectivity index (χ2n) is 4.18. The molecule has 1 fully saturated rings. The first kappa shape index (κ1) is 11.6. The highest BCUT2D eigenvalue weighted by molar-refractivity contribution is 6.59. The van der Waals surface area contributed by atoms with Gasteiger partial charge in [0.1, 0.15) is 5.82 Å². The van der Waals surface area contributed by atoms with Gasteiger partial charge in [0.2, 0.25) is 0 Å². The van der Waals surface area contributed by atoms with E-state index in [-0.39, 0.29) is 5.46 Å². The quantitative estimate of drug-likeness (QED) is 0.713. The highest BCUT2D eigenvalue weighted by Crippen LogP contribution is 2.29. The fourth-order valence-corrected chi connectivity index (χ4v) is 1.56. The number of benzene rings is 1. The minimum atomic E-state index is -1.66. The molecule has 1 aromatic rings. The normalized spacial score (nSPS) is 15.2. The third-order valence-corrected chi connectivity index (χ3v) is 2.69. The average molecular weight is 224 g/mol. The zero-order valence-corrected chi connectivity index (χ0v) is 8.90. The molecule has 0 atom stereocenters. The van der Waals surface area contributed by atoms with Crippen molar-refractivity contribution < 1.29 is 19.2 Å². The maximum atomic E-state index is 12.9. The molecule has 0 bridgehead atoms. The Morgan fingerprint density at radius 2 is 2.12 bits per heavy atom. The Morgan fingerprint density at radius 3 is 2.75 bits per heavy atom. The first-order valence-corrected chi connectivity index (χ1v) is 5.39. The predicted octanol–water partition coefficient (Wildman–Crippen LogP) is 0.432. The molecule has 1 aromatic carbocycles. The van der Waals surface area contributed by atoms with Crippen molar-refractivity contribution in [2.24, 2.45) is 5.92 Å². The van der Waals surface area contributed by atoms with Crippen LogP contribution in [0, 0.1) is 11.7 Å². The zero-order chi connectivity index (χ0) is 11.5. The Hall–Kier alpha value is -0.905. The molecule has 0 saturated heterocycles. The number of halogens is 1. The van der Waals surface area contributed by atoms with Gasteiger partial charge >= 0.3 is 7.12 Å². The SMILES string of the molecule is OB(O)c1cc(F)ccc1COCC1CC1. The van der Waals surface area contributed by atoms with Gasteiger partial charge in [0, 0.05) is 6.61 Å². The molecular formula is C11H14BFO3. The monoisotopic (exact) mass is 224 g/mol. The molecule has 2 N–H and O–H groups in total. The van der Waals surface area contributed by atoms with Gasteiger partial charge in [-0.1, -0.05) is 6.07 Å². The third-order valence-electron chi connectivity index (χ3n) is 2.69. The lowest BCUT2D eigenvalue weighted by Crippen LogP contribution is -2.33. The van der Waals surface area contributed by atoms with E-state index >= 15 is 0 Å². The van der Waals surface area contributed by atoms with Crippen molar-refractivity contribution in [2.75, 3.05) is 6.61 Å². The second-order valence-corrected chi connectivity index (χ2v) is 4.18. The summed E-state index contributed by atoms with van der Waals surface area (Å²) < 4.78 is 18.3. The molecule has 2 rings (SSSR count). The van der Waals surface area contributed by atoms with Gasteiger partial charge in [-0.05, 0) is 41.9 Å². The van der Waals surface area contributed by atoms with E-state index in [2.05, 4.69) is 0 Å². The van der Waals surface area contributed by atoms with Crippen molar-refractivity contribution >= 4 is 12.6 Å². The van der Waals surface area contributed by atoms with E-state index in [0.29, 0.717) is 24.7 Å². The third kappa shape index (κ3) is 3.04. The Morgan fingerprint density at radius 1 is 1.38 bits per heavy atom. The minimum Gasteiger partial charge on any atom is -0.423 e. The van der Waals surface area contributed by atoms with Gasteiger partial charge in [-0.2, -0.15) is 0 Å². The van der Waals surface area contributed by atoms with E-state index < -0.39 is 12.9 Å². The lowest BCUT2D eigenvalue weighted by molar-refractivity contribution is 0.111. The molecule has 0 unspecified atom stereocenters.